The second kappa shape index (κ2) is 8.49. The van der Waals surface area contributed by atoms with Gasteiger partial charge in [-0.3, -0.25) is 4.98 Å². The van der Waals surface area contributed by atoms with Crippen LogP contribution in [0.1, 0.15) is 25.0 Å². The molecule has 3 N–H and O–H groups in total. The SMILES string of the molecule is Cc1cnc(Nc2cc(OC(C)C)cc(C(F)(F)F)c2)nc1Nc1ccc2oc(=O)[nH]c2c1. The lowest BCUT2D eigenvalue weighted by Gasteiger charge is -2.16. The number of rotatable bonds is 6. The third-order valence-corrected chi connectivity index (χ3v) is 4.52. The standard InChI is InChI=1S/C22H20F3N5O3/c1-11(2)32-16-7-13(22(23,24)25)6-15(8-16)28-20-26-10-12(3)19(30-20)27-14-4-5-18-17(9-14)29-21(31)33-18/h4-11H,1-3H3,(H,29,31)(H2,26,27,28,30). The number of nitrogens with one attached hydrogen (secondary N) is 3. The number of hydrogen-bond donors (Lipinski definition) is 3. The first-order chi connectivity index (χ1) is 15.6. The van der Waals surface area contributed by atoms with Gasteiger partial charge >= 0.3 is 11.9 Å². The monoisotopic (exact) mass is 459 g/mol. The Labute approximate surface area is 185 Å². The molecule has 172 valence electrons. The summed E-state index contributed by atoms with van der Waals surface area (Å²) >= 11 is 0. The summed E-state index contributed by atoms with van der Waals surface area (Å²) in [5, 5.41) is 5.93. The van der Waals surface area contributed by atoms with Crippen molar-refractivity contribution in [2.24, 2.45) is 0 Å². The summed E-state index contributed by atoms with van der Waals surface area (Å²) < 4.78 is 50.5. The van der Waals surface area contributed by atoms with Crippen molar-refractivity contribution in [3.63, 3.8) is 0 Å². The molecule has 2 heterocycles. The lowest BCUT2D eigenvalue weighted by Crippen LogP contribution is -2.10. The molecule has 0 saturated carbocycles. The number of halogens is 3. The van der Waals surface area contributed by atoms with Crippen LogP contribution in [0.3, 0.4) is 0 Å². The maximum Gasteiger partial charge on any atom is 0.417 e. The van der Waals surface area contributed by atoms with Gasteiger partial charge in [-0.25, -0.2) is 9.78 Å². The van der Waals surface area contributed by atoms with Gasteiger partial charge in [-0.1, -0.05) is 0 Å². The molecule has 33 heavy (non-hydrogen) atoms. The zero-order chi connectivity index (χ0) is 23.8. The van der Waals surface area contributed by atoms with Crippen molar-refractivity contribution >= 4 is 34.2 Å². The summed E-state index contributed by atoms with van der Waals surface area (Å²) in [7, 11) is 0. The molecule has 0 aliphatic heterocycles. The summed E-state index contributed by atoms with van der Waals surface area (Å²) in [6.45, 7) is 5.24. The lowest BCUT2D eigenvalue weighted by atomic mass is 10.1. The van der Waals surface area contributed by atoms with Gasteiger partial charge in [0.15, 0.2) is 5.58 Å². The highest BCUT2D eigenvalue weighted by atomic mass is 19.4. The van der Waals surface area contributed by atoms with Crippen LogP contribution in [0.4, 0.5) is 36.3 Å². The van der Waals surface area contributed by atoms with Crippen LogP contribution in [0.15, 0.2) is 51.8 Å². The molecule has 8 nitrogen and oxygen atoms in total. The summed E-state index contributed by atoms with van der Waals surface area (Å²) in [6.07, 6.45) is -3.30. The highest BCUT2D eigenvalue weighted by molar-refractivity contribution is 5.78. The predicted molar refractivity (Wildman–Crippen MR) is 117 cm³/mol. The quantitative estimate of drug-likeness (QED) is 0.349. The van der Waals surface area contributed by atoms with Crippen molar-refractivity contribution in [1.29, 1.82) is 0 Å². The van der Waals surface area contributed by atoms with Gasteiger partial charge in [0.25, 0.3) is 0 Å². The van der Waals surface area contributed by atoms with Gasteiger partial charge in [-0.15, -0.1) is 0 Å². The van der Waals surface area contributed by atoms with Crippen LogP contribution in [-0.4, -0.2) is 21.1 Å². The molecular formula is C22H20F3N5O3. The van der Waals surface area contributed by atoms with Crippen molar-refractivity contribution in [2.75, 3.05) is 10.6 Å². The van der Waals surface area contributed by atoms with Crippen LogP contribution >= 0.6 is 0 Å². The molecule has 2 aromatic heterocycles. The highest BCUT2D eigenvalue weighted by Gasteiger charge is 2.31. The summed E-state index contributed by atoms with van der Waals surface area (Å²) in [5.41, 5.74) is 1.53. The van der Waals surface area contributed by atoms with E-state index in [0.29, 0.717) is 28.2 Å². The Morgan fingerprint density at radius 3 is 2.61 bits per heavy atom. The maximum absolute atomic E-state index is 13.3. The molecule has 0 saturated heterocycles. The molecule has 0 bridgehead atoms. The van der Waals surface area contributed by atoms with Crippen molar-refractivity contribution < 1.29 is 22.3 Å². The van der Waals surface area contributed by atoms with Crippen molar-refractivity contribution in [3.8, 4) is 5.75 Å². The highest BCUT2D eigenvalue weighted by Crippen LogP contribution is 2.35. The smallest absolute Gasteiger partial charge is 0.417 e. The van der Waals surface area contributed by atoms with E-state index in [0.717, 1.165) is 12.1 Å². The van der Waals surface area contributed by atoms with Gasteiger partial charge in [0.1, 0.15) is 11.6 Å². The van der Waals surface area contributed by atoms with Gasteiger partial charge in [-0.05, 0) is 51.1 Å². The van der Waals surface area contributed by atoms with Gasteiger partial charge in [-0.2, -0.15) is 18.2 Å². The Balaban J connectivity index is 1.62. The molecular weight excluding hydrogens is 439 g/mol. The third kappa shape index (κ3) is 5.25. The van der Waals surface area contributed by atoms with E-state index in [1.807, 2.05) is 0 Å². The van der Waals surface area contributed by atoms with Crippen LogP contribution in [0.2, 0.25) is 0 Å². The number of benzene rings is 2. The van der Waals surface area contributed by atoms with E-state index in [9.17, 15) is 18.0 Å². The number of hydrogen-bond acceptors (Lipinski definition) is 7. The Kier molecular flexibility index (Phi) is 5.71. The average Bonchev–Trinajstić information content (AvgIpc) is 3.08. The number of ether oxygens (including phenoxy) is 1. The number of oxazole rings is 1. The fourth-order valence-corrected chi connectivity index (χ4v) is 3.10. The molecule has 4 rings (SSSR count). The van der Waals surface area contributed by atoms with Crippen molar-refractivity contribution in [2.45, 2.75) is 33.1 Å². The molecule has 0 aliphatic carbocycles. The largest absolute Gasteiger partial charge is 0.491 e. The van der Waals surface area contributed by atoms with Crippen LogP contribution in [0.25, 0.3) is 11.1 Å². The van der Waals surface area contributed by atoms with Gasteiger partial charge in [0.2, 0.25) is 5.95 Å². The molecule has 0 fully saturated rings. The summed E-state index contributed by atoms with van der Waals surface area (Å²) in [4.78, 5) is 22.5. The van der Waals surface area contributed by atoms with Crippen molar-refractivity contribution in [3.05, 3.63) is 64.3 Å². The lowest BCUT2D eigenvalue weighted by molar-refractivity contribution is -0.137. The third-order valence-electron chi connectivity index (χ3n) is 4.52. The molecule has 4 aromatic rings. The first kappa shape index (κ1) is 22.2. The normalized spacial score (nSPS) is 11.7. The molecule has 11 heteroatoms. The van der Waals surface area contributed by atoms with E-state index in [-0.39, 0.29) is 23.5 Å². The maximum atomic E-state index is 13.3. The number of aromatic amines is 1. The molecule has 0 aliphatic rings. The Bertz CT molecular complexity index is 1360. The Hall–Kier alpha value is -4.02. The van der Waals surface area contributed by atoms with Crippen molar-refractivity contribution in [1.82, 2.24) is 15.0 Å². The average molecular weight is 459 g/mol. The van der Waals surface area contributed by atoms with Crippen LogP contribution in [-0.2, 0) is 6.18 Å². The van der Waals surface area contributed by atoms with E-state index >= 15 is 0 Å². The van der Waals surface area contributed by atoms with E-state index in [1.54, 1.807) is 39.0 Å². The number of fused-ring (bicyclic) bond motifs is 1. The van der Waals surface area contributed by atoms with Gasteiger partial charge < -0.3 is 19.8 Å². The number of alkyl halides is 3. The first-order valence-electron chi connectivity index (χ1n) is 9.96. The molecule has 0 atom stereocenters. The molecule has 0 radical (unpaired) electrons. The fraction of sp³-hybridized carbons (Fsp3) is 0.227. The van der Waals surface area contributed by atoms with Crippen LogP contribution in [0.5, 0.6) is 5.75 Å². The molecule has 0 unspecified atom stereocenters. The van der Waals surface area contributed by atoms with Crippen LogP contribution < -0.4 is 21.1 Å². The summed E-state index contributed by atoms with van der Waals surface area (Å²) in [5.74, 6) is 0.0444. The minimum absolute atomic E-state index is 0.0789. The minimum Gasteiger partial charge on any atom is -0.491 e. The van der Waals surface area contributed by atoms with E-state index in [2.05, 4.69) is 25.6 Å². The predicted octanol–water partition coefficient (Wildman–Crippen LogP) is 5.51. The molecule has 2 aromatic carbocycles. The molecule has 0 spiro atoms. The van der Waals surface area contributed by atoms with E-state index < -0.39 is 17.5 Å². The van der Waals surface area contributed by atoms with Crippen LogP contribution in [0, 0.1) is 6.92 Å². The number of aromatic nitrogens is 3. The number of anilines is 4. The Morgan fingerprint density at radius 2 is 1.88 bits per heavy atom. The number of nitrogens with zero attached hydrogens (tertiary/aromatic N) is 2. The summed E-state index contributed by atoms with van der Waals surface area (Å²) in [6, 6.07) is 8.38. The number of H-pyrrole nitrogens is 1. The zero-order valence-corrected chi connectivity index (χ0v) is 17.9. The fourth-order valence-electron chi connectivity index (χ4n) is 3.10. The topological polar surface area (TPSA) is 105 Å². The second-order valence-electron chi connectivity index (χ2n) is 7.61. The zero-order valence-electron chi connectivity index (χ0n) is 17.9. The first-order valence-corrected chi connectivity index (χ1v) is 9.96. The second-order valence-corrected chi connectivity index (χ2v) is 7.61. The van der Waals surface area contributed by atoms with E-state index in [4.69, 9.17) is 9.15 Å². The van der Waals surface area contributed by atoms with Gasteiger partial charge in [0.05, 0.1) is 17.2 Å². The van der Waals surface area contributed by atoms with Gasteiger partial charge in [0, 0.05) is 29.2 Å². The van der Waals surface area contributed by atoms with E-state index in [1.165, 1.54) is 12.3 Å². The Morgan fingerprint density at radius 1 is 1.09 bits per heavy atom. The number of aryl methyl sites for hydroxylation is 1. The minimum atomic E-state index is -4.54. The molecule has 0 amide bonds.